The molecule has 0 aliphatic rings. The van der Waals surface area contributed by atoms with Gasteiger partial charge in [0, 0.05) is 25.2 Å². The third-order valence-corrected chi connectivity index (χ3v) is 6.20. The van der Waals surface area contributed by atoms with E-state index in [1.54, 1.807) is 20.8 Å². The number of hydrogen-bond acceptors (Lipinski definition) is 8. The summed E-state index contributed by atoms with van der Waals surface area (Å²) in [6.45, 7) is 10.6. The van der Waals surface area contributed by atoms with Crippen LogP contribution < -0.4 is 0 Å². The molecule has 8 nitrogen and oxygen atoms in total. The first-order valence-corrected chi connectivity index (χ1v) is 12.1. The maximum atomic E-state index is 12.8. The molecule has 0 heterocycles. The first-order valence-electron chi connectivity index (χ1n) is 10.4. The van der Waals surface area contributed by atoms with Crippen LogP contribution in [0, 0.1) is 0 Å². The van der Waals surface area contributed by atoms with Gasteiger partial charge < -0.3 is 18.5 Å². The molecule has 174 valence electrons. The van der Waals surface area contributed by atoms with Gasteiger partial charge in [0.2, 0.25) is 0 Å². The molecule has 0 bridgehead atoms. The second-order valence-electron chi connectivity index (χ2n) is 6.82. The van der Waals surface area contributed by atoms with Crippen molar-refractivity contribution < 1.29 is 32.7 Å². The number of rotatable bonds is 16. The van der Waals surface area contributed by atoms with E-state index in [2.05, 4.69) is 6.58 Å². The summed E-state index contributed by atoms with van der Waals surface area (Å²) < 4.78 is 33.5. The minimum Gasteiger partial charge on any atom is -0.462 e. The number of esters is 2. The van der Waals surface area contributed by atoms with Crippen LogP contribution in [0.2, 0.25) is 0 Å². The van der Waals surface area contributed by atoms with Crippen LogP contribution in [0.5, 0.6) is 0 Å². The molecule has 0 N–H and O–H groups in total. The van der Waals surface area contributed by atoms with Crippen molar-refractivity contribution in [1.82, 2.24) is 4.90 Å². The van der Waals surface area contributed by atoms with E-state index in [9.17, 15) is 14.2 Å². The third-order valence-electron chi connectivity index (χ3n) is 4.15. The van der Waals surface area contributed by atoms with Crippen LogP contribution in [0.25, 0.3) is 0 Å². The topological polar surface area (TPSA) is 91.4 Å². The minimum absolute atomic E-state index is 0.0135. The SMILES string of the molecule is C=C(C)C(=O)OCCOC(=O)CCN(CCP(=O)(OCC)OCC)Cc1ccccc1. The van der Waals surface area contributed by atoms with Gasteiger partial charge in [-0.25, -0.2) is 4.79 Å². The highest BCUT2D eigenvalue weighted by Gasteiger charge is 2.24. The summed E-state index contributed by atoms with van der Waals surface area (Å²) in [7, 11) is -3.18. The summed E-state index contributed by atoms with van der Waals surface area (Å²) in [6.07, 6.45) is 0.377. The van der Waals surface area contributed by atoms with E-state index in [4.69, 9.17) is 18.5 Å². The predicted molar refractivity (Wildman–Crippen MR) is 119 cm³/mol. The summed E-state index contributed by atoms with van der Waals surface area (Å²) in [6, 6.07) is 9.81. The summed E-state index contributed by atoms with van der Waals surface area (Å²) in [5, 5.41) is 0. The second kappa shape index (κ2) is 14.9. The highest BCUT2D eigenvalue weighted by Crippen LogP contribution is 2.47. The van der Waals surface area contributed by atoms with E-state index in [1.807, 2.05) is 35.2 Å². The zero-order chi connectivity index (χ0) is 23.1. The molecule has 0 aromatic heterocycles. The summed E-state index contributed by atoms with van der Waals surface area (Å²) in [4.78, 5) is 25.4. The maximum Gasteiger partial charge on any atom is 0.333 e. The van der Waals surface area contributed by atoms with Crippen molar-refractivity contribution >= 4 is 19.5 Å². The molecule has 9 heteroatoms. The van der Waals surface area contributed by atoms with Gasteiger partial charge in [0.05, 0.1) is 25.8 Å². The summed E-state index contributed by atoms with van der Waals surface area (Å²) in [5.41, 5.74) is 1.37. The molecule has 0 atom stereocenters. The Kier molecular flexibility index (Phi) is 13.0. The Hall–Kier alpha value is -1.99. The van der Waals surface area contributed by atoms with E-state index < -0.39 is 19.5 Å². The first kappa shape index (κ1) is 27.0. The number of benzene rings is 1. The van der Waals surface area contributed by atoms with E-state index in [0.29, 0.717) is 38.4 Å². The fourth-order valence-corrected chi connectivity index (χ4v) is 4.32. The van der Waals surface area contributed by atoms with Gasteiger partial charge in [-0.15, -0.1) is 0 Å². The minimum atomic E-state index is -3.18. The van der Waals surface area contributed by atoms with E-state index >= 15 is 0 Å². The van der Waals surface area contributed by atoms with Crippen LogP contribution >= 0.6 is 7.60 Å². The van der Waals surface area contributed by atoms with Crippen molar-refractivity contribution in [3.8, 4) is 0 Å². The first-order chi connectivity index (χ1) is 14.8. The number of hydrogen-bond donors (Lipinski definition) is 0. The number of carbonyl (C=O) groups excluding carboxylic acids is 2. The molecule has 0 radical (unpaired) electrons. The van der Waals surface area contributed by atoms with Gasteiger partial charge >= 0.3 is 19.5 Å². The molecule has 0 unspecified atom stereocenters. The highest BCUT2D eigenvalue weighted by molar-refractivity contribution is 7.53. The van der Waals surface area contributed by atoms with Gasteiger partial charge in [-0.05, 0) is 26.3 Å². The average Bonchev–Trinajstić information content (AvgIpc) is 2.74. The Balaban J connectivity index is 2.57. The number of ether oxygens (including phenoxy) is 2. The van der Waals surface area contributed by atoms with Crippen molar-refractivity contribution in [2.75, 3.05) is 45.7 Å². The van der Waals surface area contributed by atoms with Crippen LogP contribution in [0.15, 0.2) is 42.5 Å². The fraction of sp³-hybridized carbons (Fsp3) is 0.545. The normalized spacial score (nSPS) is 11.4. The van der Waals surface area contributed by atoms with Gasteiger partial charge in [-0.1, -0.05) is 36.9 Å². The molecule has 0 amide bonds. The molecule has 0 saturated heterocycles. The van der Waals surface area contributed by atoms with Crippen LogP contribution in [-0.2, 0) is 39.2 Å². The van der Waals surface area contributed by atoms with Crippen molar-refractivity contribution in [2.24, 2.45) is 0 Å². The van der Waals surface area contributed by atoms with E-state index in [-0.39, 0.29) is 25.8 Å². The molecule has 1 aromatic rings. The second-order valence-corrected chi connectivity index (χ2v) is 9.00. The van der Waals surface area contributed by atoms with Crippen LogP contribution in [0.1, 0.15) is 32.8 Å². The summed E-state index contributed by atoms with van der Waals surface area (Å²) >= 11 is 0. The highest BCUT2D eigenvalue weighted by atomic mass is 31.2. The lowest BCUT2D eigenvalue weighted by Gasteiger charge is -2.24. The van der Waals surface area contributed by atoms with Crippen molar-refractivity contribution in [3.05, 3.63) is 48.0 Å². The monoisotopic (exact) mass is 455 g/mol. The molecular weight excluding hydrogens is 421 g/mol. The Morgan fingerprint density at radius 2 is 1.61 bits per heavy atom. The lowest BCUT2D eigenvalue weighted by molar-refractivity contribution is -0.150. The van der Waals surface area contributed by atoms with Crippen LogP contribution in [0.4, 0.5) is 0 Å². The molecule has 31 heavy (non-hydrogen) atoms. The van der Waals surface area contributed by atoms with E-state index in [0.717, 1.165) is 5.56 Å². The third kappa shape index (κ3) is 11.8. The standard InChI is InChI=1S/C22H34NO7P/c1-5-29-31(26,30-6-2)17-14-23(18-20-10-8-7-9-11-20)13-12-21(24)27-15-16-28-22(25)19(3)4/h7-11H,3,5-6,12-18H2,1-2,4H3. The number of carbonyl (C=O) groups is 2. The fourth-order valence-electron chi connectivity index (χ4n) is 2.67. The maximum absolute atomic E-state index is 12.8. The molecule has 0 saturated carbocycles. The van der Waals surface area contributed by atoms with Gasteiger partial charge in [0.25, 0.3) is 0 Å². The Labute approximate surface area is 185 Å². The van der Waals surface area contributed by atoms with Gasteiger partial charge in [-0.2, -0.15) is 0 Å². The Morgan fingerprint density at radius 3 is 2.19 bits per heavy atom. The smallest absolute Gasteiger partial charge is 0.333 e. The number of nitrogens with zero attached hydrogens (tertiary/aromatic N) is 1. The van der Waals surface area contributed by atoms with Crippen LogP contribution in [0.3, 0.4) is 0 Å². The molecule has 0 aliphatic carbocycles. The lowest BCUT2D eigenvalue weighted by atomic mass is 10.2. The quantitative estimate of drug-likeness (QED) is 0.161. The van der Waals surface area contributed by atoms with Crippen LogP contribution in [-0.4, -0.2) is 62.5 Å². The van der Waals surface area contributed by atoms with Gasteiger partial charge in [0.15, 0.2) is 0 Å². The van der Waals surface area contributed by atoms with Crippen molar-refractivity contribution in [2.45, 2.75) is 33.7 Å². The zero-order valence-electron chi connectivity index (χ0n) is 18.7. The zero-order valence-corrected chi connectivity index (χ0v) is 19.6. The summed E-state index contributed by atoms with van der Waals surface area (Å²) in [5.74, 6) is -0.916. The Bertz CT molecular complexity index is 729. The molecule has 1 rings (SSSR count). The van der Waals surface area contributed by atoms with Crippen molar-refractivity contribution in [1.29, 1.82) is 0 Å². The molecule has 0 spiro atoms. The average molecular weight is 455 g/mol. The van der Waals surface area contributed by atoms with Gasteiger partial charge in [0.1, 0.15) is 13.2 Å². The Morgan fingerprint density at radius 1 is 1.00 bits per heavy atom. The molecule has 0 fully saturated rings. The molecular formula is C22H34NO7P. The molecule has 0 aliphatic heterocycles. The van der Waals surface area contributed by atoms with Gasteiger partial charge in [-0.3, -0.25) is 14.3 Å². The van der Waals surface area contributed by atoms with Crippen molar-refractivity contribution in [3.63, 3.8) is 0 Å². The van der Waals surface area contributed by atoms with E-state index in [1.165, 1.54) is 0 Å². The lowest BCUT2D eigenvalue weighted by Crippen LogP contribution is -2.30. The molecule has 1 aromatic carbocycles. The largest absolute Gasteiger partial charge is 0.462 e. The predicted octanol–water partition coefficient (Wildman–Crippen LogP) is 3.81.